The van der Waals surface area contributed by atoms with Crippen molar-refractivity contribution >= 4 is 5.91 Å². The number of nitrogens with one attached hydrogen (secondary N) is 1. The summed E-state index contributed by atoms with van der Waals surface area (Å²) in [4.78, 5) is 14.3. The zero-order valence-electron chi connectivity index (χ0n) is 11.7. The number of ether oxygens (including phenoxy) is 1. The van der Waals surface area contributed by atoms with Crippen molar-refractivity contribution in [3.8, 4) is 0 Å². The highest BCUT2D eigenvalue weighted by molar-refractivity contribution is 5.84. The quantitative estimate of drug-likeness (QED) is 0.789. The molecule has 1 aliphatic heterocycles. The molecule has 0 aromatic heterocycles. The topological polar surface area (TPSA) is 41.6 Å². The number of hydrogen-bond donors (Lipinski definition) is 1. The van der Waals surface area contributed by atoms with Gasteiger partial charge in [-0.1, -0.05) is 0 Å². The molecule has 1 fully saturated rings. The number of carbonyl (C=O) groups is 1. The third-order valence-electron chi connectivity index (χ3n) is 3.66. The summed E-state index contributed by atoms with van der Waals surface area (Å²) in [6.45, 7) is 11.0. The number of rotatable bonds is 5. The molecular weight excluding hydrogens is 216 g/mol. The summed E-state index contributed by atoms with van der Waals surface area (Å²) in [7, 11) is 1.57. The van der Waals surface area contributed by atoms with Crippen LogP contribution in [0.25, 0.3) is 0 Å². The highest BCUT2D eigenvalue weighted by Gasteiger charge is 2.29. The molecule has 1 aliphatic rings. The lowest BCUT2D eigenvalue weighted by molar-refractivity contribution is -0.139. The summed E-state index contributed by atoms with van der Waals surface area (Å²) in [5.41, 5.74) is -0.726. The molecule has 100 valence electrons. The fourth-order valence-electron chi connectivity index (χ4n) is 2.04. The standard InChI is InChI=1S/C13H26N2O2/c1-10(2)15-7-6-11(9-15)8-14-12(16)13(3,4)17-5/h10-11H,6-9H2,1-5H3,(H,14,16). The van der Waals surface area contributed by atoms with E-state index in [1.54, 1.807) is 21.0 Å². The zero-order valence-corrected chi connectivity index (χ0v) is 11.7. The van der Waals surface area contributed by atoms with Crippen molar-refractivity contribution < 1.29 is 9.53 Å². The van der Waals surface area contributed by atoms with Crippen LogP contribution >= 0.6 is 0 Å². The Morgan fingerprint density at radius 1 is 1.53 bits per heavy atom. The number of nitrogens with zero attached hydrogens (tertiary/aromatic N) is 1. The summed E-state index contributed by atoms with van der Waals surface area (Å²) in [6, 6.07) is 0.603. The smallest absolute Gasteiger partial charge is 0.251 e. The van der Waals surface area contributed by atoms with Crippen molar-refractivity contribution in [2.75, 3.05) is 26.7 Å². The minimum atomic E-state index is -0.726. The predicted octanol–water partition coefficient (Wildman–Crippen LogP) is 1.26. The van der Waals surface area contributed by atoms with Crippen LogP contribution in [0.15, 0.2) is 0 Å². The summed E-state index contributed by atoms with van der Waals surface area (Å²) in [6.07, 6.45) is 1.17. The predicted molar refractivity (Wildman–Crippen MR) is 68.9 cm³/mol. The van der Waals surface area contributed by atoms with E-state index >= 15 is 0 Å². The van der Waals surface area contributed by atoms with Crippen molar-refractivity contribution in [1.29, 1.82) is 0 Å². The van der Waals surface area contributed by atoms with Gasteiger partial charge in [-0.3, -0.25) is 4.79 Å². The monoisotopic (exact) mass is 242 g/mol. The second-order valence-electron chi connectivity index (χ2n) is 5.67. The van der Waals surface area contributed by atoms with Crippen LogP contribution in [-0.2, 0) is 9.53 Å². The van der Waals surface area contributed by atoms with Crippen molar-refractivity contribution in [3.05, 3.63) is 0 Å². The van der Waals surface area contributed by atoms with Crippen molar-refractivity contribution in [2.45, 2.75) is 45.8 Å². The molecule has 1 unspecified atom stereocenters. The molecule has 0 radical (unpaired) electrons. The summed E-state index contributed by atoms with van der Waals surface area (Å²) in [5, 5.41) is 2.98. The Morgan fingerprint density at radius 2 is 2.18 bits per heavy atom. The molecule has 0 spiro atoms. The van der Waals surface area contributed by atoms with Gasteiger partial charge in [-0.15, -0.1) is 0 Å². The molecule has 0 bridgehead atoms. The maximum absolute atomic E-state index is 11.8. The lowest BCUT2D eigenvalue weighted by atomic mass is 10.1. The number of likely N-dealkylation sites (tertiary alicyclic amines) is 1. The van der Waals surface area contributed by atoms with Gasteiger partial charge >= 0.3 is 0 Å². The molecule has 1 N–H and O–H groups in total. The van der Waals surface area contributed by atoms with Crippen LogP contribution in [0.2, 0.25) is 0 Å². The molecule has 0 aliphatic carbocycles. The lowest BCUT2D eigenvalue weighted by Crippen LogP contribution is -2.45. The molecule has 1 atom stereocenters. The van der Waals surface area contributed by atoms with Crippen molar-refractivity contribution in [3.63, 3.8) is 0 Å². The van der Waals surface area contributed by atoms with Crippen molar-refractivity contribution in [2.24, 2.45) is 5.92 Å². The third kappa shape index (κ3) is 3.96. The lowest BCUT2D eigenvalue weighted by Gasteiger charge is -2.23. The van der Waals surface area contributed by atoms with Crippen LogP contribution in [0.1, 0.15) is 34.1 Å². The SMILES string of the molecule is COC(C)(C)C(=O)NCC1CCN(C(C)C)C1. The van der Waals surface area contributed by atoms with E-state index in [2.05, 4.69) is 24.1 Å². The van der Waals surface area contributed by atoms with Gasteiger partial charge < -0.3 is 15.0 Å². The summed E-state index contributed by atoms with van der Waals surface area (Å²) < 4.78 is 5.15. The van der Waals surface area contributed by atoms with Gasteiger partial charge in [-0.2, -0.15) is 0 Å². The van der Waals surface area contributed by atoms with E-state index < -0.39 is 5.60 Å². The van der Waals surface area contributed by atoms with Crippen LogP contribution in [0.5, 0.6) is 0 Å². The normalized spacial score (nSPS) is 22.1. The number of amides is 1. The third-order valence-corrected chi connectivity index (χ3v) is 3.66. The minimum absolute atomic E-state index is 0.0250. The van der Waals surface area contributed by atoms with Gasteiger partial charge in [0.2, 0.25) is 0 Å². The highest BCUT2D eigenvalue weighted by Crippen LogP contribution is 2.18. The van der Waals surface area contributed by atoms with Gasteiger partial charge in [0.05, 0.1) is 0 Å². The van der Waals surface area contributed by atoms with E-state index in [1.165, 1.54) is 6.42 Å². The number of carbonyl (C=O) groups excluding carboxylic acids is 1. The van der Waals surface area contributed by atoms with Crippen molar-refractivity contribution in [1.82, 2.24) is 10.2 Å². The number of methoxy groups -OCH3 is 1. The Balaban J connectivity index is 2.31. The fraction of sp³-hybridized carbons (Fsp3) is 0.923. The maximum atomic E-state index is 11.8. The Hall–Kier alpha value is -0.610. The first-order valence-electron chi connectivity index (χ1n) is 6.44. The molecule has 1 amide bonds. The van der Waals surface area contributed by atoms with E-state index in [1.807, 2.05) is 0 Å². The van der Waals surface area contributed by atoms with Crippen LogP contribution in [0.3, 0.4) is 0 Å². The van der Waals surface area contributed by atoms with E-state index in [4.69, 9.17) is 4.74 Å². The Bertz CT molecular complexity index is 264. The van der Waals surface area contributed by atoms with E-state index in [9.17, 15) is 4.79 Å². The zero-order chi connectivity index (χ0) is 13.1. The van der Waals surface area contributed by atoms with E-state index in [-0.39, 0.29) is 5.91 Å². The first-order chi connectivity index (χ1) is 7.86. The van der Waals surface area contributed by atoms with Crippen LogP contribution in [0.4, 0.5) is 0 Å². The van der Waals surface area contributed by atoms with Gasteiger partial charge in [0.25, 0.3) is 5.91 Å². The maximum Gasteiger partial charge on any atom is 0.251 e. The second kappa shape index (κ2) is 5.83. The van der Waals surface area contributed by atoms with Gasteiger partial charge in [0, 0.05) is 26.2 Å². The summed E-state index contributed by atoms with van der Waals surface area (Å²) in [5.74, 6) is 0.553. The fourth-order valence-corrected chi connectivity index (χ4v) is 2.04. The van der Waals surface area contributed by atoms with E-state index in [0.29, 0.717) is 12.0 Å². The Morgan fingerprint density at radius 3 is 2.65 bits per heavy atom. The molecule has 4 nitrogen and oxygen atoms in total. The van der Waals surface area contributed by atoms with E-state index in [0.717, 1.165) is 19.6 Å². The first kappa shape index (κ1) is 14.5. The minimum Gasteiger partial charge on any atom is -0.369 e. The highest BCUT2D eigenvalue weighted by atomic mass is 16.5. The molecule has 1 saturated heterocycles. The molecular formula is C13H26N2O2. The van der Waals surface area contributed by atoms with Gasteiger partial charge in [0.1, 0.15) is 5.60 Å². The van der Waals surface area contributed by atoms with Gasteiger partial charge in [-0.05, 0) is 46.6 Å². The summed E-state index contributed by atoms with van der Waals surface area (Å²) >= 11 is 0. The van der Waals surface area contributed by atoms with Gasteiger partial charge in [0.15, 0.2) is 0 Å². The molecule has 0 saturated carbocycles. The second-order valence-corrected chi connectivity index (χ2v) is 5.67. The largest absolute Gasteiger partial charge is 0.369 e. The molecule has 17 heavy (non-hydrogen) atoms. The van der Waals surface area contributed by atoms with Crippen LogP contribution in [-0.4, -0.2) is 49.2 Å². The average Bonchev–Trinajstić information content (AvgIpc) is 2.74. The Kier molecular flexibility index (Phi) is 4.95. The molecule has 0 aromatic rings. The molecule has 1 rings (SSSR count). The molecule has 4 heteroatoms. The van der Waals surface area contributed by atoms with Gasteiger partial charge in [-0.25, -0.2) is 0 Å². The van der Waals surface area contributed by atoms with Crippen LogP contribution < -0.4 is 5.32 Å². The average molecular weight is 242 g/mol. The molecule has 1 heterocycles. The number of hydrogen-bond acceptors (Lipinski definition) is 3. The van der Waals surface area contributed by atoms with Crippen LogP contribution in [0, 0.1) is 5.92 Å². The Labute approximate surface area is 105 Å². The first-order valence-corrected chi connectivity index (χ1v) is 6.44. The molecule has 0 aromatic carbocycles.